The van der Waals surface area contributed by atoms with E-state index in [9.17, 15) is 4.79 Å². The molecule has 78 valence electrons. The van der Waals surface area contributed by atoms with Crippen molar-refractivity contribution < 1.29 is 4.79 Å². The Morgan fingerprint density at radius 2 is 2.29 bits per heavy atom. The minimum Gasteiger partial charge on any atom is -0.358 e. The lowest BCUT2D eigenvalue weighted by Crippen LogP contribution is -2.41. The van der Waals surface area contributed by atoms with Gasteiger partial charge in [-0.15, -0.1) is 11.3 Å². The van der Waals surface area contributed by atoms with Crippen LogP contribution in [-0.2, 0) is 4.79 Å². The monoisotopic (exact) mass is 213 g/mol. The normalized spacial score (nSPS) is 14.8. The first-order chi connectivity index (χ1) is 6.65. The number of carbonyl (C=O) groups excluding carboxylic acids is 1. The summed E-state index contributed by atoms with van der Waals surface area (Å²) in [6, 6.07) is -0.0214. The number of rotatable bonds is 4. The highest BCUT2D eigenvalue weighted by atomic mass is 32.1. The van der Waals surface area contributed by atoms with E-state index in [1.54, 1.807) is 23.9 Å². The Labute approximate surface area is 87.7 Å². The second kappa shape index (κ2) is 5.07. The largest absolute Gasteiger partial charge is 0.358 e. The van der Waals surface area contributed by atoms with Crippen LogP contribution in [0.1, 0.15) is 24.8 Å². The summed E-state index contributed by atoms with van der Waals surface area (Å²) in [7, 11) is 1.64. The number of hydrogen-bond donors (Lipinski definition) is 2. The van der Waals surface area contributed by atoms with Crippen molar-refractivity contribution in [1.29, 1.82) is 0 Å². The van der Waals surface area contributed by atoms with E-state index in [1.807, 2.05) is 20.0 Å². The first-order valence-electron chi connectivity index (χ1n) is 4.51. The molecule has 0 radical (unpaired) electrons. The van der Waals surface area contributed by atoms with Gasteiger partial charge in [-0.1, -0.05) is 0 Å². The van der Waals surface area contributed by atoms with Crippen LogP contribution in [0.2, 0.25) is 0 Å². The SMILES string of the molecule is CNC(=O)C(C)NC(C)c1cncs1. The molecule has 0 aliphatic heterocycles. The van der Waals surface area contributed by atoms with Crippen molar-refractivity contribution >= 4 is 17.2 Å². The molecule has 1 aromatic heterocycles. The maximum absolute atomic E-state index is 11.2. The molecule has 0 aliphatic carbocycles. The van der Waals surface area contributed by atoms with Crippen LogP contribution in [0.4, 0.5) is 0 Å². The summed E-state index contributed by atoms with van der Waals surface area (Å²) >= 11 is 1.59. The molecule has 14 heavy (non-hydrogen) atoms. The van der Waals surface area contributed by atoms with Crippen molar-refractivity contribution in [2.75, 3.05) is 7.05 Å². The first kappa shape index (κ1) is 11.1. The maximum atomic E-state index is 11.2. The first-order valence-corrected chi connectivity index (χ1v) is 5.39. The zero-order chi connectivity index (χ0) is 10.6. The molecule has 0 spiro atoms. The lowest BCUT2D eigenvalue weighted by Gasteiger charge is -2.17. The summed E-state index contributed by atoms with van der Waals surface area (Å²) in [5.74, 6) is 0.00126. The molecule has 0 fully saturated rings. The minimum atomic E-state index is -0.183. The predicted octanol–water partition coefficient (Wildman–Crippen LogP) is 0.928. The molecule has 1 aromatic rings. The summed E-state index contributed by atoms with van der Waals surface area (Å²) in [5.41, 5.74) is 1.79. The summed E-state index contributed by atoms with van der Waals surface area (Å²) in [4.78, 5) is 16.4. The van der Waals surface area contributed by atoms with Gasteiger partial charge in [-0.2, -0.15) is 0 Å². The number of likely N-dealkylation sites (N-methyl/N-ethyl adjacent to an activating group) is 1. The molecule has 2 atom stereocenters. The number of thiazole rings is 1. The quantitative estimate of drug-likeness (QED) is 0.782. The number of amides is 1. The second-order valence-electron chi connectivity index (χ2n) is 3.13. The van der Waals surface area contributed by atoms with Crippen LogP contribution in [0, 0.1) is 0 Å². The predicted molar refractivity (Wildman–Crippen MR) is 57.2 cm³/mol. The van der Waals surface area contributed by atoms with Gasteiger partial charge < -0.3 is 5.32 Å². The molecule has 2 N–H and O–H groups in total. The zero-order valence-corrected chi connectivity index (χ0v) is 9.39. The van der Waals surface area contributed by atoms with Crippen LogP contribution < -0.4 is 10.6 Å². The van der Waals surface area contributed by atoms with E-state index in [0.29, 0.717) is 0 Å². The van der Waals surface area contributed by atoms with E-state index in [1.165, 1.54) is 0 Å². The van der Waals surface area contributed by atoms with Gasteiger partial charge in [0.1, 0.15) is 0 Å². The van der Waals surface area contributed by atoms with Gasteiger partial charge in [-0.25, -0.2) is 0 Å². The van der Waals surface area contributed by atoms with Crippen molar-refractivity contribution in [2.45, 2.75) is 25.9 Å². The highest BCUT2D eigenvalue weighted by Crippen LogP contribution is 2.16. The summed E-state index contributed by atoms with van der Waals surface area (Å²) in [5, 5.41) is 5.79. The molecule has 5 heteroatoms. The molecular weight excluding hydrogens is 198 g/mol. The van der Waals surface area contributed by atoms with Gasteiger partial charge in [-0.3, -0.25) is 15.1 Å². The van der Waals surface area contributed by atoms with Gasteiger partial charge in [-0.05, 0) is 13.8 Å². The molecule has 1 heterocycles. The van der Waals surface area contributed by atoms with Crippen molar-refractivity contribution in [3.8, 4) is 0 Å². The van der Waals surface area contributed by atoms with Gasteiger partial charge in [0.25, 0.3) is 0 Å². The Hall–Kier alpha value is -0.940. The smallest absolute Gasteiger partial charge is 0.236 e. The molecule has 4 nitrogen and oxygen atoms in total. The Kier molecular flexibility index (Phi) is 4.03. The fourth-order valence-electron chi connectivity index (χ4n) is 1.19. The molecule has 0 saturated heterocycles. The van der Waals surface area contributed by atoms with Gasteiger partial charge in [0.2, 0.25) is 5.91 Å². The van der Waals surface area contributed by atoms with E-state index >= 15 is 0 Å². The van der Waals surface area contributed by atoms with Crippen LogP contribution in [0.3, 0.4) is 0 Å². The van der Waals surface area contributed by atoms with Crippen molar-refractivity contribution in [2.24, 2.45) is 0 Å². The van der Waals surface area contributed by atoms with E-state index in [2.05, 4.69) is 15.6 Å². The topological polar surface area (TPSA) is 54.0 Å². The third kappa shape index (κ3) is 2.78. The Morgan fingerprint density at radius 1 is 1.57 bits per heavy atom. The van der Waals surface area contributed by atoms with Crippen LogP contribution in [-0.4, -0.2) is 24.0 Å². The average Bonchev–Trinajstić information content (AvgIpc) is 2.69. The van der Waals surface area contributed by atoms with E-state index < -0.39 is 0 Å². The Bertz CT molecular complexity index is 286. The summed E-state index contributed by atoms with van der Waals surface area (Å²) < 4.78 is 0. The number of nitrogens with one attached hydrogen (secondary N) is 2. The average molecular weight is 213 g/mol. The Morgan fingerprint density at radius 3 is 2.79 bits per heavy atom. The zero-order valence-electron chi connectivity index (χ0n) is 8.57. The van der Waals surface area contributed by atoms with Crippen molar-refractivity contribution in [1.82, 2.24) is 15.6 Å². The standard InChI is InChI=1S/C9H15N3OS/c1-6(8-4-11-5-14-8)12-7(2)9(13)10-3/h4-7,12H,1-3H3,(H,10,13). The second-order valence-corrected chi connectivity index (χ2v) is 4.05. The molecule has 0 saturated carbocycles. The van der Waals surface area contributed by atoms with Gasteiger partial charge >= 0.3 is 0 Å². The van der Waals surface area contributed by atoms with Crippen molar-refractivity contribution in [3.05, 3.63) is 16.6 Å². The third-order valence-electron chi connectivity index (χ3n) is 2.02. The molecule has 0 aromatic carbocycles. The lowest BCUT2D eigenvalue weighted by atomic mass is 10.2. The van der Waals surface area contributed by atoms with E-state index in [-0.39, 0.29) is 18.0 Å². The fraction of sp³-hybridized carbons (Fsp3) is 0.556. The Balaban J connectivity index is 2.49. The van der Waals surface area contributed by atoms with Crippen molar-refractivity contribution in [3.63, 3.8) is 0 Å². The number of carbonyl (C=O) groups is 1. The van der Waals surface area contributed by atoms with Gasteiger partial charge in [0.05, 0.1) is 11.6 Å². The molecular formula is C9H15N3OS. The number of hydrogen-bond acceptors (Lipinski definition) is 4. The molecule has 0 aliphatic rings. The number of nitrogens with zero attached hydrogens (tertiary/aromatic N) is 1. The van der Waals surface area contributed by atoms with E-state index in [4.69, 9.17) is 0 Å². The summed E-state index contributed by atoms with van der Waals surface area (Å²) in [6.45, 7) is 3.86. The fourth-order valence-corrected chi connectivity index (χ4v) is 1.83. The van der Waals surface area contributed by atoms with Crippen LogP contribution in [0.5, 0.6) is 0 Å². The minimum absolute atomic E-state index is 0.00126. The van der Waals surface area contributed by atoms with Crippen LogP contribution >= 0.6 is 11.3 Å². The molecule has 1 amide bonds. The highest BCUT2D eigenvalue weighted by Gasteiger charge is 2.15. The third-order valence-corrected chi connectivity index (χ3v) is 2.98. The van der Waals surface area contributed by atoms with Crippen LogP contribution in [0.15, 0.2) is 11.7 Å². The maximum Gasteiger partial charge on any atom is 0.236 e. The number of aromatic nitrogens is 1. The summed E-state index contributed by atoms with van der Waals surface area (Å²) in [6.07, 6.45) is 1.82. The van der Waals surface area contributed by atoms with Gasteiger partial charge in [0.15, 0.2) is 0 Å². The molecule has 0 bridgehead atoms. The lowest BCUT2D eigenvalue weighted by molar-refractivity contribution is -0.122. The highest BCUT2D eigenvalue weighted by molar-refractivity contribution is 7.09. The molecule has 1 rings (SSSR count). The van der Waals surface area contributed by atoms with Crippen LogP contribution in [0.25, 0.3) is 0 Å². The van der Waals surface area contributed by atoms with Gasteiger partial charge in [0, 0.05) is 24.2 Å². The molecule has 2 unspecified atom stereocenters. The van der Waals surface area contributed by atoms with E-state index in [0.717, 1.165) is 4.88 Å².